The molecule has 0 aliphatic heterocycles. The molecule has 5 heteroatoms. The minimum Gasteiger partial charge on any atom is -0.491 e. The molecule has 0 heterocycles. The number of nitrogens with zero attached hydrogens (tertiary/aromatic N) is 1. The van der Waals surface area contributed by atoms with Crippen molar-refractivity contribution in [1.82, 2.24) is 5.32 Å². The summed E-state index contributed by atoms with van der Waals surface area (Å²) >= 11 is 0. The molecule has 0 saturated heterocycles. The highest BCUT2D eigenvalue weighted by Crippen LogP contribution is 2.24. The number of ether oxygens (including phenoxy) is 1. The summed E-state index contributed by atoms with van der Waals surface area (Å²) in [6.45, 7) is 5.24. The lowest BCUT2D eigenvalue weighted by atomic mass is 10.1. The number of hydrogen-bond acceptors (Lipinski definition) is 2. The van der Waals surface area contributed by atoms with E-state index in [0.29, 0.717) is 25.2 Å². The average molecular weight is 413 g/mol. The maximum absolute atomic E-state index is 5.81. The zero-order valence-corrected chi connectivity index (χ0v) is 15.4. The molecule has 2 aromatic rings. The maximum Gasteiger partial charge on any atom is 0.188 e. The van der Waals surface area contributed by atoms with E-state index in [-0.39, 0.29) is 24.0 Å². The number of nitrogens with two attached hydrogens (primary N) is 1. The van der Waals surface area contributed by atoms with Crippen molar-refractivity contribution in [3.05, 3.63) is 42.5 Å². The van der Waals surface area contributed by atoms with Crippen molar-refractivity contribution in [2.45, 2.75) is 26.3 Å². The quantitative estimate of drug-likeness (QED) is 0.330. The number of aliphatic imine (C=N–C) groups is 1. The summed E-state index contributed by atoms with van der Waals surface area (Å²) in [7, 11) is 0. The molecule has 0 aliphatic rings. The standard InChI is InChI=1S/C17H23N3O.HI/c1-3-13(2)20-17(18)19-11-12-21-16-10-6-8-14-7-4-5-9-15(14)16;/h4-10,13H,3,11-12H2,1-2H3,(H3,18,19,20);1H. The Bertz CT molecular complexity index is 610. The highest BCUT2D eigenvalue weighted by molar-refractivity contribution is 14.0. The van der Waals surface area contributed by atoms with Gasteiger partial charge in [-0.25, -0.2) is 4.99 Å². The fraction of sp³-hybridized carbons (Fsp3) is 0.353. The van der Waals surface area contributed by atoms with Crippen molar-refractivity contribution in [2.24, 2.45) is 10.7 Å². The van der Waals surface area contributed by atoms with E-state index in [1.165, 1.54) is 5.39 Å². The van der Waals surface area contributed by atoms with E-state index in [0.717, 1.165) is 17.6 Å². The summed E-state index contributed by atoms with van der Waals surface area (Å²) < 4.78 is 5.81. The molecule has 0 aromatic heterocycles. The number of fused-ring (bicyclic) bond motifs is 1. The van der Waals surface area contributed by atoms with Gasteiger partial charge < -0.3 is 15.8 Å². The monoisotopic (exact) mass is 413 g/mol. The molecule has 22 heavy (non-hydrogen) atoms. The molecule has 0 radical (unpaired) electrons. The summed E-state index contributed by atoms with van der Waals surface area (Å²) in [6.07, 6.45) is 1.02. The van der Waals surface area contributed by atoms with Gasteiger partial charge in [-0.05, 0) is 24.8 Å². The van der Waals surface area contributed by atoms with E-state index in [9.17, 15) is 0 Å². The Labute approximate surface area is 149 Å². The van der Waals surface area contributed by atoms with Gasteiger partial charge in [0.2, 0.25) is 0 Å². The van der Waals surface area contributed by atoms with Crippen LogP contribution in [0.1, 0.15) is 20.3 Å². The molecule has 3 N–H and O–H groups in total. The Morgan fingerprint density at radius 1 is 1.23 bits per heavy atom. The number of benzene rings is 2. The number of rotatable bonds is 6. The lowest BCUT2D eigenvalue weighted by Crippen LogP contribution is -2.38. The van der Waals surface area contributed by atoms with Gasteiger partial charge in [0.1, 0.15) is 12.4 Å². The van der Waals surface area contributed by atoms with E-state index in [1.807, 2.05) is 24.3 Å². The van der Waals surface area contributed by atoms with Gasteiger partial charge in [-0.3, -0.25) is 0 Å². The van der Waals surface area contributed by atoms with Crippen LogP contribution in [0.2, 0.25) is 0 Å². The van der Waals surface area contributed by atoms with Crippen LogP contribution in [0.15, 0.2) is 47.5 Å². The van der Waals surface area contributed by atoms with E-state index in [1.54, 1.807) is 0 Å². The summed E-state index contributed by atoms with van der Waals surface area (Å²) in [5.74, 6) is 1.36. The number of guanidine groups is 1. The highest BCUT2D eigenvalue weighted by atomic mass is 127. The molecule has 1 unspecified atom stereocenters. The second-order valence-electron chi connectivity index (χ2n) is 5.05. The van der Waals surface area contributed by atoms with Crippen molar-refractivity contribution in [3.8, 4) is 5.75 Å². The van der Waals surface area contributed by atoms with Gasteiger partial charge in [-0.2, -0.15) is 0 Å². The van der Waals surface area contributed by atoms with Gasteiger partial charge in [0.15, 0.2) is 5.96 Å². The van der Waals surface area contributed by atoms with Gasteiger partial charge in [-0.1, -0.05) is 43.3 Å². The van der Waals surface area contributed by atoms with Crippen LogP contribution in [0.3, 0.4) is 0 Å². The summed E-state index contributed by atoms with van der Waals surface area (Å²) in [4.78, 5) is 4.27. The van der Waals surface area contributed by atoms with Gasteiger partial charge in [0.25, 0.3) is 0 Å². The zero-order chi connectivity index (χ0) is 15.1. The Balaban J connectivity index is 0.00000242. The summed E-state index contributed by atoms with van der Waals surface area (Å²) in [5, 5.41) is 5.43. The first-order valence-electron chi connectivity index (χ1n) is 7.37. The SMILES string of the molecule is CCC(C)NC(N)=NCCOc1cccc2ccccc12.I. The number of nitrogens with one attached hydrogen (secondary N) is 1. The second kappa shape index (κ2) is 9.50. The van der Waals surface area contributed by atoms with Crippen LogP contribution in [0, 0.1) is 0 Å². The predicted molar refractivity (Wildman–Crippen MR) is 104 cm³/mol. The molecular formula is C17H24IN3O. The Hall–Kier alpha value is -1.50. The smallest absolute Gasteiger partial charge is 0.188 e. The van der Waals surface area contributed by atoms with E-state index < -0.39 is 0 Å². The average Bonchev–Trinajstić information content (AvgIpc) is 2.51. The molecule has 0 aliphatic carbocycles. The highest BCUT2D eigenvalue weighted by Gasteiger charge is 2.01. The fourth-order valence-electron chi connectivity index (χ4n) is 2.04. The summed E-state index contributed by atoms with van der Waals surface area (Å²) in [5.41, 5.74) is 5.80. The molecule has 4 nitrogen and oxygen atoms in total. The van der Waals surface area contributed by atoms with Crippen LogP contribution in [-0.4, -0.2) is 25.2 Å². The maximum atomic E-state index is 5.81. The molecule has 0 saturated carbocycles. The fourth-order valence-corrected chi connectivity index (χ4v) is 2.04. The Morgan fingerprint density at radius 2 is 1.95 bits per heavy atom. The molecule has 2 rings (SSSR count). The minimum absolute atomic E-state index is 0. The normalized spacial score (nSPS) is 12.5. The van der Waals surface area contributed by atoms with E-state index >= 15 is 0 Å². The largest absolute Gasteiger partial charge is 0.491 e. The molecule has 0 fully saturated rings. The van der Waals surface area contributed by atoms with Gasteiger partial charge >= 0.3 is 0 Å². The van der Waals surface area contributed by atoms with E-state index in [2.05, 4.69) is 42.4 Å². The van der Waals surface area contributed by atoms with Gasteiger partial charge in [0.05, 0.1) is 6.54 Å². The molecule has 0 spiro atoms. The van der Waals surface area contributed by atoms with Crippen molar-refractivity contribution >= 4 is 40.7 Å². The van der Waals surface area contributed by atoms with Crippen molar-refractivity contribution in [3.63, 3.8) is 0 Å². The molecular weight excluding hydrogens is 389 g/mol. The van der Waals surface area contributed by atoms with Gasteiger partial charge in [-0.15, -0.1) is 24.0 Å². The summed E-state index contributed by atoms with van der Waals surface area (Å²) in [6, 6.07) is 14.6. The van der Waals surface area contributed by atoms with Crippen LogP contribution in [-0.2, 0) is 0 Å². The van der Waals surface area contributed by atoms with Crippen molar-refractivity contribution in [2.75, 3.05) is 13.2 Å². The van der Waals surface area contributed by atoms with Crippen LogP contribution in [0.25, 0.3) is 10.8 Å². The first kappa shape index (κ1) is 18.5. The minimum atomic E-state index is 0. The van der Waals surface area contributed by atoms with Crippen LogP contribution in [0.5, 0.6) is 5.75 Å². The molecule has 0 amide bonds. The molecule has 1 atom stereocenters. The predicted octanol–water partition coefficient (Wildman–Crippen LogP) is 3.54. The zero-order valence-electron chi connectivity index (χ0n) is 13.1. The molecule has 0 bridgehead atoms. The van der Waals surface area contributed by atoms with Crippen molar-refractivity contribution < 1.29 is 4.74 Å². The lowest BCUT2D eigenvalue weighted by molar-refractivity contribution is 0.332. The topological polar surface area (TPSA) is 59.6 Å². The lowest BCUT2D eigenvalue weighted by Gasteiger charge is -2.12. The van der Waals surface area contributed by atoms with Crippen LogP contribution in [0.4, 0.5) is 0 Å². The van der Waals surface area contributed by atoms with Crippen LogP contribution < -0.4 is 15.8 Å². The second-order valence-corrected chi connectivity index (χ2v) is 5.05. The van der Waals surface area contributed by atoms with E-state index in [4.69, 9.17) is 10.5 Å². The molecule has 120 valence electrons. The number of hydrogen-bond donors (Lipinski definition) is 2. The first-order chi connectivity index (χ1) is 10.2. The third-order valence-corrected chi connectivity index (χ3v) is 3.39. The van der Waals surface area contributed by atoms with Crippen LogP contribution >= 0.6 is 24.0 Å². The Morgan fingerprint density at radius 3 is 2.73 bits per heavy atom. The Kier molecular flexibility index (Phi) is 8.01. The van der Waals surface area contributed by atoms with Crippen molar-refractivity contribution in [1.29, 1.82) is 0 Å². The third kappa shape index (κ3) is 5.36. The molecule has 2 aromatic carbocycles. The first-order valence-corrected chi connectivity index (χ1v) is 7.37. The third-order valence-electron chi connectivity index (χ3n) is 3.39. The number of halogens is 1. The van der Waals surface area contributed by atoms with Gasteiger partial charge in [0, 0.05) is 11.4 Å².